The van der Waals surface area contributed by atoms with Gasteiger partial charge < -0.3 is 20.5 Å². The fourth-order valence-electron chi connectivity index (χ4n) is 2.56. The Hall–Kier alpha value is -1.30. The van der Waals surface area contributed by atoms with Gasteiger partial charge in [0.1, 0.15) is 0 Å². The van der Waals surface area contributed by atoms with Crippen LogP contribution in [0, 0.1) is 11.3 Å². The molecule has 0 aliphatic carbocycles. The molecule has 2 atom stereocenters. The quantitative estimate of drug-likeness (QED) is 0.671. The summed E-state index contributed by atoms with van der Waals surface area (Å²) in [6.45, 7) is 8.26. The third-order valence-electron chi connectivity index (χ3n) is 3.48. The van der Waals surface area contributed by atoms with Crippen molar-refractivity contribution >= 4 is 12.0 Å². The first-order chi connectivity index (χ1) is 9.76. The molecule has 1 fully saturated rings. The Balaban J connectivity index is 2.30. The average Bonchev–Trinajstić information content (AvgIpc) is 2.78. The SMILES string of the molecule is CC(C)(C)CC(CC(=O)O)NC(=O)NCCC1CCOC1. The molecule has 2 unspecified atom stereocenters. The lowest BCUT2D eigenvalue weighted by Gasteiger charge is -2.26. The number of carboxylic acids is 1. The van der Waals surface area contributed by atoms with E-state index in [1.165, 1.54) is 0 Å². The van der Waals surface area contributed by atoms with Gasteiger partial charge >= 0.3 is 12.0 Å². The number of carbonyl (C=O) groups is 2. The zero-order valence-corrected chi connectivity index (χ0v) is 13.3. The summed E-state index contributed by atoms with van der Waals surface area (Å²) in [5.41, 5.74) is -0.0332. The Morgan fingerprint density at radius 1 is 1.38 bits per heavy atom. The molecule has 21 heavy (non-hydrogen) atoms. The van der Waals surface area contributed by atoms with Crippen LogP contribution < -0.4 is 10.6 Å². The van der Waals surface area contributed by atoms with Crippen molar-refractivity contribution in [1.29, 1.82) is 0 Å². The first-order valence-electron chi connectivity index (χ1n) is 7.60. The van der Waals surface area contributed by atoms with Gasteiger partial charge in [0.25, 0.3) is 0 Å². The van der Waals surface area contributed by atoms with Crippen LogP contribution in [0.4, 0.5) is 4.79 Å². The van der Waals surface area contributed by atoms with Crippen LogP contribution >= 0.6 is 0 Å². The van der Waals surface area contributed by atoms with Crippen LogP contribution in [0.3, 0.4) is 0 Å². The van der Waals surface area contributed by atoms with Crippen molar-refractivity contribution in [2.75, 3.05) is 19.8 Å². The van der Waals surface area contributed by atoms with Crippen molar-refractivity contribution in [1.82, 2.24) is 10.6 Å². The van der Waals surface area contributed by atoms with Gasteiger partial charge in [-0.1, -0.05) is 20.8 Å². The van der Waals surface area contributed by atoms with E-state index in [4.69, 9.17) is 9.84 Å². The van der Waals surface area contributed by atoms with E-state index >= 15 is 0 Å². The Morgan fingerprint density at radius 3 is 2.62 bits per heavy atom. The minimum Gasteiger partial charge on any atom is -0.481 e. The lowest BCUT2D eigenvalue weighted by atomic mass is 9.87. The third-order valence-corrected chi connectivity index (χ3v) is 3.48. The molecule has 0 aromatic rings. The number of carbonyl (C=O) groups excluding carboxylic acids is 1. The van der Waals surface area contributed by atoms with Crippen molar-refractivity contribution in [3.8, 4) is 0 Å². The van der Waals surface area contributed by atoms with Crippen molar-refractivity contribution in [3.05, 3.63) is 0 Å². The second-order valence-electron chi connectivity index (χ2n) is 6.98. The topological polar surface area (TPSA) is 87.7 Å². The monoisotopic (exact) mass is 300 g/mol. The summed E-state index contributed by atoms with van der Waals surface area (Å²) in [5.74, 6) is -0.373. The molecule has 1 aliphatic rings. The predicted octanol–water partition coefficient (Wildman–Crippen LogP) is 1.99. The summed E-state index contributed by atoms with van der Waals surface area (Å²) >= 11 is 0. The fraction of sp³-hybridized carbons (Fsp3) is 0.867. The first kappa shape index (κ1) is 17.8. The zero-order valence-electron chi connectivity index (χ0n) is 13.3. The molecule has 6 nitrogen and oxygen atoms in total. The van der Waals surface area contributed by atoms with Crippen LogP contribution in [0.5, 0.6) is 0 Å². The molecule has 0 saturated carbocycles. The molecule has 1 rings (SSSR count). The number of amides is 2. The summed E-state index contributed by atoms with van der Waals surface area (Å²) in [5, 5.41) is 14.5. The molecule has 0 spiro atoms. The van der Waals surface area contributed by atoms with E-state index < -0.39 is 5.97 Å². The molecule has 1 aliphatic heterocycles. The maximum absolute atomic E-state index is 11.8. The van der Waals surface area contributed by atoms with Crippen molar-refractivity contribution in [3.63, 3.8) is 0 Å². The van der Waals surface area contributed by atoms with Gasteiger partial charge in [0.05, 0.1) is 6.42 Å². The van der Waals surface area contributed by atoms with Gasteiger partial charge in [-0.25, -0.2) is 4.79 Å². The Kier molecular flexibility index (Phi) is 6.95. The molecule has 6 heteroatoms. The van der Waals surface area contributed by atoms with Gasteiger partial charge in [0, 0.05) is 25.8 Å². The highest BCUT2D eigenvalue weighted by molar-refractivity contribution is 5.75. The molecule has 0 aromatic heterocycles. The van der Waals surface area contributed by atoms with E-state index in [1.807, 2.05) is 20.8 Å². The highest BCUT2D eigenvalue weighted by atomic mass is 16.5. The van der Waals surface area contributed by atoms with E-state index in [2.05, 4.69) is 10.6 Å². The smallest absolute Gasteiger partial charge is 0.315 e. The third kappa shape index (κ3) is 8.55. The largest absolute Gasteiger partial charge is 0.481 e. The minimum atomic E-state index is -0.896. The molecule has 122 valence electrons. The summed E-state index contributed by atoms with van der Waals surface area (Å²) < 4.78 is 5.28. The molecule has 0 radical (unpaired) electrons. The molecular weight excluding hydrogens is 272 g/mol. The standard InChI is InChI=1S/C15H28N2O4/c1-15(2,3)9-12(8-13(18)19)17-14(20)16-6-4-11-5-7-21-10-11/h11-12H,4-10H2,1-3H3,(H,18,19)(H2,16,17,20). The molecule has 0 aromatic carbocycles. The van der Waals surface area contributed by atoms with Crippen LogP contribution in [0.1, 0.15) is 46.5 Å². The number of urea groups is 1. The van der Waals surface area contributed by atoms with Gasteiger partial charge in [-0.15, -0.1) is 0 Å². The molecule has 1 heterocycles. The molecular formula is C15H28N2O4. The van der Waals surface area contributed by atoms with Crippen LogP contribution in [0.25, 0.3) is 0 Å². The van der Waals surface area contributed by atoms with Crippen LogP contribution in [-0.2, 0) is 9.53 Å². The number of aliphatic carboxylic acids is 1. The van der Waals surface area contributed by atoms with E-state index in [9.17, 15) is 9.59 Å². The van der Waals surface area contributed by atoms with Gasteiger partial charge in [-0.2, -0.15) is 0 Å². The van der Waals surface area contributed by atoms with E-state index in [0.29, 0.717) is 18.9 Å². The second-order valence-corrected chi connectivity index (χ2v) is 6.98. The number of ether oxygens (including phenoxy) is 1. The van der Waals surface area contributed by atoms with Crippen molar-refractivity contribution in [2.45, 2.75) is 52.5 Å². The maximum atomic E-state index is 11.8. The van der Waals surface area contributed by atoms with Crippen molar-refractivity contribution < 1.29 is 19.4 Å². The van der Waals surface area contributed by atoms with Crippen LogP contribution in [0.15, 0.2) is 0 Å². The summed E-state index contributed by atoms with van der Waals surface area (Å²) in [4.78, 5) is 22.7. The van der Waals surface area contributed by atoms with Crippen LogP contribution in [-0.4, -0.2) is 42.9 Å². The Morgan fingerprint density at radius 2 is 2.10 bits per heavy atom. The molecule has 3 N–H and O–H groups in total. The number of hydrogen-bond acceptors (Lipinski definition) is 3. The Bertz CT molecular complexity index is 346. The average molecular weight is 300 g/mol. The predicted molar refractivity (Wildman–Crippen MR) is 80.2 cm³/mol. The van der Waals surface area contributed by atoms with Gasteiger partial charge in [0.15, 0.2) is 0 Å². The number of carboxylic acid groups (broad SMARTS) is 1. The van der Waals surface area contributed by atoms with E-state index in [0.717, 1.165) is 26.1 Å². The van der Waals surface area contributed by atoms with Crippen LogP contribution in [0.2, 0.25) is 0 Å². The Labute approximate surface area is 126 Å². The molecule has 2 amide bonds. The van der Waals surface area contributed by atoms with Gasteiger partial charge in [0.2, 0.25) is 0 Å². The molecule has 0 bridgehead atoms. The minimum absolute atomic E-state index is 0.0332. The van der Waals surface area contributed by atoms with Gasteiger partial charge in [-0.05, 0) is 30.6 Å². The summed E-state index contributed by atoms with van der Waals surface area (Å²) in [6.07, 6.45) is 2.52. The normalized spacial score (nSPS) is 20.0. The second kappa shape index (κ2) is 8.22. The summed E-state index contributed by atoms with van der Waals surface area (Å²) in [7, 11) is 0. The zero-order chi connectivity index (χ0) is 15.9. The fourth-order valence-corrected chi connectivity index (χ4v) is 2.56. The van der Waals surface area contributed by atoms with Crippen molar-refractivity contribution in [2.24, 2.45) is 11.3 Å². The van der Waals surface area contributed by atoms with Gasteiger partial charge in [-0.3, -0.25) is 4.79 Å². The number of rotatable bonds is 7. The summed E-state index contributed by atoms with van der Waals surface area (Å²) in [6, 6.07) is -0.637. The molecule has 1 saturated heterocycles. The highest BCUT2D eigenvalue weighted by Gasteiger charge is 2.23. The lowest BCUT2D eigenvalue weighted by molar-refractivity contribution is -0.137. The van der Waals surface area contributed by atoms with E-state index in [1.54, 1.807) is 0 Å². The maximum Gasteiger partial charge on any atom is 0.315 e. The highest BCUT2D eigenvalue weighted by Crippen LogP contribution is 2.22. The lowest BCUT2D eigenvalue weighted by Crippen LogP contribution is -2.45. The van der Waals surface area contributed by atoms with E-state index in [-0.39, 0.29) is 23.9 Å². The number of hydrogen-bond donors (Lipinski definition) is 3. The number of nitrogens with one attached hydrogen (secondary N) is 2. The first-order valence-corrected chi connectivity index (χ1v) is 7.60.